The van der Waals surface area contributed by atoms with E-state index in [2.05, 4.69) is 0 Å². The zero-order valence-electron chi connectivity index (χ0n) is 11.3. The zero-order chi connectivity index (χ0) is 15.7. The number of thioether (sulfide) groups is 1. The van der Waals surface area contributed by atoms with Gasteiger partial charge in [0.25, 0.3) is 11.8 Å². The molecule has 0 aromatic heterocycles. The number of carbonyl (C=O) groups excluding carboxylic acids is 3. The monoisotopic (exact) mass is 331 g/mol. The molecule has 0 atom stereocenters. The summed E-state index contributed by atoms with van der Waals surface area (Å²) in [7, 11) is 0. The van der Waals surface area contributed by atoms with Crippen molar-refractivity contribution in [2.45, 2.75) is 4.90 Å². The first kappa shape index (κ1) is 14.8. The Hall–Kier alpha value is -2.11. The van der Waals surface area contributed by atoms with E-state index in [1.54, 1.807) is 48.5 Å². The van der Waals surface area contributed by atoms with Crippen LogP contribution < -0.4 is 0 Å². The van der Waals surface area contributed by atoms with Crippen molar-refractivity contribution in [3.63, 3.8) is 0 Å². The van der Waals surface area contributed by atoms with Crippen LogP contribution in [0.4, 0.5) is 0 Å². The maximum absolute atomic E-state index is 12.2. The van der Waals surface area contributed by atoms with E-state index >= 15 is 0 Å². The summed E-state index contributed by atoms with van der Waals surface area (Å²) in [6, 6.07) is 13.4. The number of carbonyl (C=O) groups is 3. The molecule has 110 valence electrons. The van der Waals surface area contributed by atoms with Gasteiger partial charge >= 0.3 is 0 Å². The molecule has 0 N–H and O–H groups in total. The summed E-state index contributed by atoms with van der Waals surface area (Å²) in [6.45, 7) is -0.250. The van der Waals surface area contributed by atoms with E-state index < -0.39 is 11.8 Å². The molecule has 1 aliphatic rings. The second-order valence-electron chi connectivity index (χ2n) is 4.67. The Morgan fingerprint density at radius 1 is 0.955 bits per heavy atom. The molecule has 2 aromatic carbocycles. The second-order valence-corrected chi connectivity index (χ2v) is 6.24. The predicted molar refractivity (Wildman–Crippen MR) is 84.1 cm³/mol. The molecule has 0 saturated carbocycles. The molecule has 2 aromatic rings. The highest BCUT2D eigenvalue weighted by Crippen LogP contribution is 2.25. The van der Waals surface area contributed by atoms with E-state index in [1.807, 2.05) is 0 Å². The van der Waals surface area contributed by atoms with E-state index in [0.717, 1.165) is 16.7 Å². The quantitative estimate of drug-likeness (QED) is 0.640. The van der Waals surface area contributed by atoms with Crippen molar-refractivity contribution in [2.24, 2.45) is 0 Å². The van der Waals surface area contributed by atoms with Crippen LogP contribution in [0.5, 0.6) is 0 Å². The molecule has 3 rings (SSSR count). The average molecular weight is 332 g/mol. The highest BCUT2D eigenvalue weighted by atomic mass is 35.5. The van der Waals surface area contributed by atoms with Gasteiger partial charge in [0.1, 0.15) is 0 Å². The van der Waals surface area contributed by atoms with Crippen molar-refractivity contribution in [1.29, 1.82) is 0 Å². The summed E-state index contributed by atoms with van der Waals surface area (Å²) in [6.07, 6.45) is 0. The van der Waals surface area contributed by atoms with Crippen LogP contribution in [0.25, 0.3) is 0 Å². The number of hydrogen-bond donors (Lipinski definition) is 0. The average Bonchev–Trinajstić information content (AvgIpc) is 2.75. The van der Waals surface area contributed by atoms with Crippen LogP contribution in [0, 0.1) is 0 Å². The van der Waals surface area contributed by atoms with Gasteiger partial charge in [-0.1, -0.05) is 35.5 Å². The van der Waals surface area contributed by atoms with Crippen molar-refractivity contribution >= 4 is 40.3 Å². The fourth-order valence-electron chi connectivity index (χ4n) is 2.18. The summed E-state index contributed by atoms with van der Waals surface area (Å²) in [4.78, 5) is 38.1. The van der Waals surface area contributed by atoms with Gasteiger partial charge in [-0.25, -0.2) is 0 Å². The summed E-state index contributed by atoms with van der Waals surface area (Å²) in [5.74, 6) is -0.851. The molecule has 0 spiro atoms. The van der Waals surface area contributed by atoms with Crippen molar-refractivity contribution in [1.82, 2.24) is 4.90 Å². The number of nitrogens with zero attached hydrogens (tertiary/aromatic N) is 1. The van der Waals surface area contributed by atoms with Gasteiger partial charge in [-0.2, -0.15) is 0 Å². The highest BCUT2D eigenvalue weighted by Gasteiger charge is 2.36. The number of imide groups is 1. The van der Waals surface area contributed by atoms with Gasteiger partial charge < -0.3 is 0 Å². The summed E-state index contributed by atoms with van der Waals surface area (Å²) in [5.41, 5.74) is 0.689. The molecule has 0 fully saturated rings. The molecule has 0 unspecified atom stereocenters. The van der Waals surface area contributed by atoms with Crippen LogP contribution in [-0.2, 0) is 4.79 Å². The Labute approximate surface area is 136 Å². The molecule has 0 aliphatic carbocycles. The highest BCUT2D eigenvalue weighted by molar-refractivity contribution is 8.13. The van der Waals surface area contributed by atoms with Gasteiger partial charge in [0.2, 0.25) is 5.12 Å². The van der Waals surface area contributed by atoms with Gasteiger partial charge in [-0.15, -0.1) is 0 Å². The van der Waals surface area contributed by atoms with E-state index in [-0.39, 0.29) is 11.7 Å². The van der Waals surface area contributed by atoms with Crippen LogP contribution in [0.15, 0.2) is 53.4 Å². The van der Waals surface area contributed by atoms with Crippen molar-refractivity contribution < 1.29 is 14.4 Å². The first-order chi connectivity index (χ1) is 10.6. The Bertz CT molecular complexity index is 738. The van der Waals surface area contributed by atoms with Crippen molar-refractivity contribution in [3.05, 3.63) is 64.7 Å². The molecular weight excluding hydrogens is 322 g/mol. The number of amides is 2. The molecule has 0 radical (unpaired) electrons. The second kappa shape index (κ2) is 5.94. The van der Waals surface area contributed by atoms with Crippen LogP contribution in [0.3, 0.4) is 0 Å². The maximum Gasteiger partial charge on any atom is 0.261 e. The van der Waals surface area contributed by atoms with Crippen molar-refractivity contribution in [3.8, 4) is 0 Å². The minimum atomic E-state index is -0.425. The summed E-state index contributed by atoms with van der Waals surface area (Å²) in [5, 5.41) is 0.300. The van der Waals surface area contributed by atoms with Gasteiger partial charge in [-0.3, -0.25) is 19.3 Å². The first-order valence-corrected chi connectivity index (χ1v) is 7.67. The Morgan fingerprint density at radius 3 is 2.05 bits per heavy atom. The first-order valence-electron chi connectivity index (χ1n) is 6.48. The molecule has 1 aliphatic heterocycles. The standard InChI is InChI=1S/C16H10ClNO3S/c17-10-5-7-11(8-6-10)22-14(19)9-18-15(20)12-3-1-2-4-13(12)16(18)21/h1-8H,9H2. The third-order valence-corrected chi connectivity index (χ3v) is 4.33. The normalized spacial score (nSPS) is 13.4. The molecule has 6 heteroatoms. The lowest BCUT2D eigenvalue weighted by atomic mass is 10.1. The van der Waals surface area contributed by atoms with Crippen LogP contribution in [-0.4, -0.2) is 28.4 Å². The zero-order valence-corrected chi connectivity index (χ0v) is 12.9. The lowest BCUT2D eigenvalue weighted by molar-refractivity contribution is -0.111. The Kier molecular flexibility index (Phi) is 4.00. The number of fused-ring (bicyclic) bond motifs is 1. The lowest BCUT2D eigenvalue weighted by Crippen LogP contribution is -2.33. The molecule has 22 heavy (non-hydrogen) atoms. The van der Waals surface area contributed by atoms with E-state index in [4.69, 9.17) is 11.6 Å². The number of rotatable bonds is 3. The fourth-order valence-corrected chi connectivity index (χ4v) is 3.03. The summed E-state index contributed by atoms with van der Waals surface area (Å²) < 4.78 is 0. The minimum Gasteiger partial charge on any atom is -0.285 e. The van der Waals surface area contributed by atoms with E-state index in [0.29, 0.717) is 21.0 Å². The third-order valence-electron chi connectivity index (χ3n) is 3.21. The minimum absolute atomic E-state index is 0.250. The Morgan fingerprint density at radius 2 is 1.50 bits per heavy atom. The Balaban J connectivity index is 1.71. The lowest BCUT2D eigenvalue weighted by Gasteiger charge is -2.12. The van der Waals surface area contributed by atoms with Crippen molar-refractivity contribution in [2.75, 3.05) is 6.54 Å². The van der Waals surface area contributed by atoms with E-state index in [9.17, 15) is 14.4 Å². The smallest absolute Gasteiger partial charge is 0.261 e. The number of benzene rings is 2. The fraction of sp³-hybridized carbons (Fsp3) is 0.0625. The largest absolute Gasteiger partial charge is 0.285 e. The van der Waals surface area contributed by atoms with E-state index in [1.165, 1.54) is 0 Å². The maximum atomic E-state index is 12.2. The van der Waals surface area contributed by atoms with Gasteiger partial charge in [-0.05, 0) is 36.4 Å². The molecule has 0 saturated heterocycles. The number of hydrogen-bond acceptors (Lipinski definition) is 4. The molecule has 1 heterocycles. The summed E-state index contributed by atoms with van der Waals surface area (Å²) >= 11 is 6.76. The third kappa shape index (κ3) is 2.77. The molecule has 4 nitrogen and oxygen atoms in total. The molecular formula is C16H10ClNO3S. The SMILES string of the molecule is O=C(CN1C(=O)c2ccccc2C1=O)Sc1ccc(Cl)cc1. The number of halogens is 1. The molecule has 0 bridgehead atoms. The van der Waals surface area contributed by atoms with Gasteiger partial charge in [0, 0.05) is 9.92 Å². The molecule has 2 amide bonds. The van der Waals surface area contributed by atoms with Crippen LogP contribution in [0.1, 0.15) is 20.7 Å². The van der Waals surface area contributed by atoms with Crippen LogP contribution >= 0.6 is 23.4 Å². The van der Waals surface area contributed by atoms with Gasteiger partial charge in [0.15, 0.2) is 0 Å². The van der Waals surface area contributed by atoms with Crippen LogP contribution in [0.2, 0.25) is 5.02 Å². The predicted octanol–water partition coefficient (Wildman–Crippen LogP) is 3.25. The topological polar surface area (TPSA) is 54.5 Å². The van der Waals surface area contributed by atoms with Gasteiger partial charge in [0.05, 0.1) is 17.7 Å².